The van der Waals surface area contributed by atoms with Gasteiger partial charge in [-0.15, -0.1) is 30.1 Å². The molecule has 3 aliphatic rings. The van der Waals surface area contributed by atoms with Crippen molar-refractivity contribution in [2.75, 3.05) is 32.2 Å². The first-order valence-corrected chi connectivity index (χ1v) is 22.8. The summed E-state index contributed by atoms with van der Waals surface area (Å²) in [5, 5.41) is 27.0. The molecule has 9 heteroatoms. The maximum Gasteiger partial charge on any atom is 0.231 e. The van der Waals surface area contributed by atoms with Crippen LogP contribution in [-0.2, 0) is 9.57 Å². The van der Waals surface area contributed by atoms with Gasteiger partial charge in [0.2, 0.25) is 5.79 Å². The number of hydrogen-bond acceptors (Lipinski definition) is 9. The van der Waals surface area contributed by atoms with E-state index in [4.69, 9.17) is 24.2 Å². The molecule has 1 heterocycles. The molecular formula is C49H59NO6S2. The summed E-state index contributed by atoms with van der Waals surface area (Å²) in [6.07, 6.45) is 10.0. The highest BCUT2D eigenvalue weighted by Crippen LogP contribution is 2.63. The van der Waals surface area contributed by atoms with Crippen LogP contribution in [-0.4, -0.2) is 64.7 Å². The van der Waals surface area contributed by atoms with Gasteiger partial charge < -0.3 is 29.3 Å². The summed E-state index contributed by atoms with van der Waals surface area (Å²) in [7, 11) is 0. The van der Waals surface area contributed by atoms with Crippen molar-refractivity contribution in [3.8, 4) is 11.5 Å². The second-order valence-electron chi connectivity index (χ2n) is 16.6. The van der Waals surface area contributed by atoms with E-state index in [1.165, 1.54) is 15.7 Å². The van der Waals surface area contributed by atoms with Gasteiger partial charge in [0.1, 0.15) is 17.1 Å². The molecule has 1 fully saturated rings. The van der Waals surface area contributed by atoms with E-state index in [2.05, 4.69) is 91.5 Å². The Morgan fingerprint density at radius 1 is 0.879 bits per heavy atom. The van der Waals surface area contributed by atoms with E-state index in [0.717, 1.165) is 77.5 Å². The molecule has 6 atom stereocenters. The molecule has 4 aromatic carbocycles. The van der Waals surface area contributed by atoms with Crippen molar-refractivity contribution in [2.24, 2.45) is 22.9 Å². The van der Waals surface area contributed by atoms with E-state index in [0.29, 0.717) is 19.6 Å². The fourth-order valence-corrected chi connectivity index (χ4v) is 11.0. The molecule has 0 spiro atoms. The number of ether oxygens (including phenoxy) is 3. The largest absolute Gasteiger partial charge is 0.493 e. The molecule has 2 aliphatic carbocycles. The second kappa shape index (κ2) is 19.6. The lowest BCUT2D eigenvalue weighted by atomic mass is 9.56. The summed E-state index contributed by atoms with van der Waals surface area (Å²) in [6, 6.07) is 31.9. The molecule has 0 aromatic heterocycles. The molecule has 4 aromatic rings. The maximum atomic E-state index is 9.97. The van der Waals surface area contributed by atoms with Gasteiger partial charge in [-0.25, -0.2) is 0 Å². The molecule has 7 rings (SSSR count). The number of aliphatic hydroxyl groups is 2. The zero-order chi connectivity index (χ0) is 40.5. The number of rotatable bonds is 19. The van der Waals surface area contributed by atoms with E-state index in [1.54, 1.807) is 23.5 Å². The molecule has 58 heavy (non-hydrogen) atoms. The molecular weight excluding hydrogens is 763 g/mol. The second-order valence-corrected chi connectivity index (χ2v) is 19.0. The topological polar surface area (TPSA) is 89.7 Å². The highest BCUT2D eigenvalue weighted by Gasteiger charge is 2.64. The first kappa shape index (κ1) is 42.4. The van der Waals surface area contributed by atoms with Gasteiger partial charge in [0.05, 0.1) is 30.1 Å². The van der Waals surface area contributed by atoms with Crippen molar-refractivity contribution in [2.45, 2.75) is 98.1 Å². The summed E-state index contributed by atoms with van der Waals surface area (Å²) in [6.45, 7) is 11.4. The quantitative estimate of drug-likeness (QED) is 0.0418. The van der Waals surface area contributed by atoms with Crippen LogP contribution in [0.1, 0.15) is 77.2 Å². The fourth-order valence-electron chi connectivity index (χ4n) is 8.95. The summed E-state index contributed by atoms with van der Waals surface area (Å²) in [5.74, 6) is 1.60. The molecule has 1 saturated carbocycles. The Bertz CT molecular complexity index is 2050. The lowest BCUT2D eigenvalue weighted by Crippen LogP contribution is -2.64. The third-order valence-corrected chi connectivity index (χ3v) is 13.7. The zero-order valence-electron chi connectivity index (χ0n) is 34.2. The molecule has 0 saturated heterocycles. The predicted octanol–water partition coefficient (Wildman–Crippen LogP) is 11.2. The molecule has 0 radical (unpaired) electrons. The average Bonchev–Trinajstić information content (AvgIpc) is 3.23. The Morgan fingerprint density at radius 3 is 2.40 bits per heavy atom. The lowest BCUT2D eigenvalue weighted by molar-refractivity contribution is -0.223. The average molecular weight is 822 g/mol. The minimum absolute atomic E-state index is 0.00605. The van der Waals surface area contributed by atoms with E-state index in [9.17, 15) is 10.2 Å². The number of fused-ring (bicyclic) bond motifs is 3. The summed E-state index contributed by atoms with van der Waals surface area (Å²) in [5.41, 5.74) is 2.69. The van der Waals surface area contributed by atoms with Crippen LogP contribution >= 0.6 is 23.5 Å². The van der Waals surface area contributed by atoms with Crippen LogP contribution in [0.25, 0.3) is 10.8 Å². The van der Waals surface area contributed by atoms with E-state index in [1.807, 2.05) is 39.0 Å². The van der Waals surface area contributed by atoms with Gasteiger partial charge in [-0.05, 0) is 117 Å². The highest BCUT2D eigenvalue weighted by molar-refractivity contribution is 8.00. The molecule has 0 unspecified atom stereocenters. The van der Waals surface area contributed by atoms with Crippen LogP contribution in [0.15, 0.2) is 130 Å². The van der Waals surface area contributed by atoms with Gasteiger partial charge in [0.25, 0.3) is 0 Å². The Morgan fingerprint density at radius 2 is 1.64 bits per heavy atom. The summed E-state index contributed by atoms with van der Waals surface area (Å²) in [4.78, 5) is 8.64. The van der Waals surface area contributed by atoms with Gasteiger partial charge >= 0.3 is 0 Å². The normalized spacial score (nSPS) is 24.4. The smallest absolute Gasteiger partial charge is 0.231 e. The maximum absolute atomic E-state index is 9.97. The monoisotopic (exact) mass is 821 g/mol. The number of benzene rings is 4. The SMILES string of the molecule is C=CCO[C@@]12Oc3ccc(OCCSc4ccccc4)cc3[C@H]3[C@H](CCCCO)[C@@H](CCCCO)C=C(C(=NOC(C)(C)C)C[C@@H]1Sc1ccc4ccccc4c1)[C@H]32. The van der Waals surface area contributed by atoms with Crippen molar-refractivity contribution < 1.29 is 29.3 Å². The van der Waals surface area contributed by atoms with Crippen LogP contribution in [0.2, 0.25) is 0 Å². The van der Waals surface area contributed by atoms with Crippen LogP contribution in [0.3, 0.4) is 0 Å². The Kier molecular flexibility index (Phi) is 14.3. The number of oxime groups is 1. The van der Waals surface area contributed by atoms with Crippen molar-refractivity contribution in [3.63, 3.8) is 0 Å². The zero-order valence-corrected chi connectivity index (χ0v) is 35.8. The van der Waals surface area contributed by atoms with E-state index < -0.39 is 11.4 Å². The third kappa shape index (κ3) is 9.82. The van der Waals surface area contributed by atoms with Gasteiger partial charge in [-0.1, -0.05) is 78.7 Å². The number of thioether (sulfide) groups is 2. The molecule has 1 aliphatic heterocycles. The number of aliphatic hydroxyl groups excluding tert-OH is 2. The summed E-state index contributed by atoms with van der Waals surface area (Å²) >= 11 is 3.57. The molecule has 0 amide bonds. The first-order valence-electron chi connectivity index (χ1n) is 21.0. The van der Waals surface area contributed by atoms with Gasteiger partial charge in [-0.3, -0.25) is 0 Å². The van der Waals surface area contributed by atoms with Crippen LogP contribution in [0.4, 0.5) is 0 Å². The molecule has 7 nitrogen and oxygen atoms in total. The van der Waals surface area contributed by atoms with Crippen molar-refractivity contribution in [1.82, 2.24) is 0 Å². The molecule has 308 valence electrons. The third-order valence-electron chi connectivity index (χ3n) is 11.4. The van der Waals surface area contributed by atoms with Gasteiger partial charge in [0, 0.05) is 46.7 Å². The van der Waals surface area contributed by atoms with Crippen LogP contribution in [0.5, 0.6) is 11.5 Å². The highest BCUT2D eigenvalue weighted by atomic mass is 32.2. The molecule has 2 N–H and O–H groups in total. The Hall–Kier alpha value is -3.73. The van der Waals surface area contributed by atoms with Crippen molar-refractivity contribution in [3.05, 3.63) is 121 Å². The fraction of sp³-hybridized carbons (Fsp3) is 0.449. The molecule has 0 bridgehead atoms. The minimum atomic E-state index is -1.06. The van der Waals surface area contributed by atoms with Gasteiger partial charge in [-0.2, -0.15) is 0 Å². The van der Waals surface area contributed by atoms with Crippen molar-refractivity contribution in [1.29, 1.82) is 0 Å². The lowest BCUT2D eigenvalue weighted by Gasteiger charge is -2.58. The number of hydrogen-bond donors (Lipinski definition) is 2. The Balaban J connectivity index is 1.36. The number of allylic oxidation sites excluding steroid dienone is 1. The standard InChI is InChI=1S/C49H59NO6S2/c1-5-27-54-49-45(58-39-23-21-34-15-9-10-16-35(34)30-39)33-43(50-56-48(2,3)4)41-31-36(17-11-13-25-51)40(20-12-14-26-52)46(47(41)49)42-32-37(22-24-44(42)55-49)53-28-29-57-38-18-7-6-8-19-38/h5-10,15-16,18-19,21-24,30-32,36,40,45-47,51-52H,1,11-14,17,20,25-29,33H2,2-4H3/t36-,40+,45-,46+,47+,49+/m0/s1. The van der Waals surface area contributed by atoms with Gasteiger partial charge in [0.15, 0.2) is 0 Å². The van der Waals surface area contributed by atoms with E-state index >= 15 is 0 Å². The minimum Gasteiger partial charge on any atom is -0.493 e. The predicted molar refractivity (Wildman–Crippen MR) is 238 cm³/mol. The Labute approximate surface area is 353 Å². The van der Waals surface area contributed by atoms with Crippen LogP contribution < -0.4 is 9.47 Å². The first-order chi connectivity index (χ1) is 28.2. The van der Waals surface area contributed by atoms with E-state index in [-0.39, 0.29) is 42.1 Å². The van der Waals surface area contributed by atoms with Crippen molar-refractivity contribution >= 4 is 40.0 Å². The van der Waals surface area contributed by atoms with Crippen LogP contribution in [0, 0.1) is 17.8 Å². The summed E-state index contributed by atoms with van der Waals surface area (Å²) < 4.78 is 21.0. The number of unbranched alkanes of at least 4 members (excludes halogenated alkanes) is 2. The number of nitrogens with zero attached hydrogens (tertiary/aromatic N) is 1.